The Bertz CT molecular complexity index is 1090. The number of fused-ring (bicyclic) bond motifs is 1. The molecular weight excluding hydrogens is 438 g/mol. The summed E-state index contributed by atoms with van der Waals surface area (Å²) in [5, 5.41) is 1.38. The summed E-state index contributed by atoms with van der Waals surface area (Å²) < 4.78 is 40.0. The molecule has 30 heavy (non-hydrogen) atoms. The highest BCUT2D eigenvalue weighted by atomic mass is 35.5. The number of benzene rings is 2. The maximum atomic E-state index is 13.3. The molecular formula is C21H16Cl2F3N3O. The molecule has 2 aromatic carbocycles. The lowest BCUT2D eigenvalue weighted by Gasteiger charge is -2.37. The van der Waals surface area contributed by atoms with Crippen molar-refractivity contribution in [2.75, 3.05) is 31.1 Å². The number of hydrogen-bond acceptors (Lipinski definition) is 3. The van der Waals surface area contributed by atoms with Gasteiger partial charge in [-0.2, -0.15) is 13.2 Å². The molecule has 0 spiro atoms. The van der Waals surface area contributed by atoms with Crippen LogP contribution in [0.1, 0.15) is 16.1 Å². The maximum Gasteiger partial charge on any atom is 0.433 e. The first-order valence-corrected chi connectivity index (χ1v) is 9.95. The highest BCUT2D eigenvalue weighted by Gasteiger charge is 2.34. The van der Waals surface area contributed by atoms with Gasteiger partial charge in [-0.15, -0.1) is 0 Å². The molecule has 1 amide bonds. The van der Waals surface area contributed by atoms with Crippen molar-refractivity contribution in [2.24, 2.45) is 0 Å². The number of piperazine rings is 1. The van der Waals surface area contributed by atoms with E-state index in [1.54, 1.807) is 47.4 Å². The average molecular weight is 454 g/mol. The Kier molecular flexibility index (Phi) is 5.51. The lowest BCUT2D eigenvalue weighted by atomic mass is 10.1. The molecule has 156 valence electrons. The van der Waals surface area contributed by atoms with E-state index in [0.717, 1.165) is 6.07 Å². The van der Waals surface area contributed by atoms with E-state index < -0.39 is 11.9 Å². The van der Waals surface area contributed by atoms with E-state index in [1.807, 2.05) is 4.90 Å². The van der Waals surface area contributed by atoms with Crippen molar-refractivity contribution in [2.45, 2.75) is 6.18 Å². The van der Waals surface area contributed by atoms with Gasteiger partial charge in [0.1, 0.15) is 5.69 Å². The van der Waals surface area contributed by atoms with Crippen LogP contribution in [0, 0.1) is 0 Å². The second-order valence-corrected chi connectivity index (χ2v) is 7.85. The van der Waals surface area contributed by atoms with E-state index >= 15 is 0 Å². The van der Waals surface area contributed by atoms with Crippen LogP contribution in [0.5, 0.6) is 0 Å². The number of aromatic nitrogens is 1. The molecule has 9 heteroatoms. The minimum Gasteiger partial charge on any atom is -0.367 e. The van der Waals surface area contributed by atoms with E-state index in [0.29, 0.717) is 52.9 Å². The van der Waals surface area contributed by atoms with Crippen molar-refractivity contribution < 1.29 is 18.0 Å². The minimum absolute atomic E-state index is 0.213. The highest BCUT2D eigenvalue weighted by molar-refractivity contribution is 6.35. The summed E-state index contributed by atoms with van der Waals surface area (Å²) in [4.78, 5) is 20.0. The topological polar surface area (TPSA) is 36.4 Å². The molecule has 1 aromatic heterocycles. The first kappa shape index (κ1) is 20.8. The lowest BCUT2D eigenvalue weighted by Crippen LogP contribution is -2.49. The highest BCUT2D eigenvalue weighted by Crippen LogP contribution is 2.35. The Hall–Kier alpha value is -2.51. The fourth-order valence-corrected chi connectivity index (χ4v) is 4.10. The standard InChI is InChI=1S/C21H16Cl2F3N3O/c22-14-9-13(10-15(23)11-14)20(30)29-7-5-28(6-8-29)18-12-19(21(24,25)26)27-17-4-2-1-3-16(17)18/h1-4,9-12H,5-8H2. The third-order valence-electron chi connectivity index (χ3n) is 5.00. The Labute approximate surface area is 180 Å². The van der Waals surface area contributed by atoms with Gasteiger partial charge in [0.25, 0.3) is 5.91 Å². The molecule has 2 heterocycles. The van der Waals surface area contributed by atoms with Gasteiger partial charge < -0.3 is 9.80 Å². The third kappa shape index (κ3) is 4.18. The zero-order chi connectivity index (χ0) is 21.5. The molecule has 3 aromatic rings. The average Bonchev–Trinajstić information content (AvgIpc) is 2.71. The van der Waals surface area contributed by atoms with Crippen LogP contribution < -0.4 is 4.90 Å². The fraction of sp³-hybridized carbons (Fsp3) is 0.238. The third-order valence-corrected chi connectivity index (χ3v) is 5.44. The molecule has 1 aliphatic heterocycles. The van der Waals surface area contributed by atoms with Crippen LogP contribution in [0.2, 0.25) is 10.0 Å². The van der Waals surface area contributed by atoms with Crippen molar-refractivity contribution in [1.29, 1.82) is 0 Å². The summed E-state index contributed by atoms with van der Waals surface area (Å²) >= 11 is 12.0. The molecule has 1 aliphatic rings. The summed E-state index contributed by atoms with van der Waals surface area (Å²) in [6.07, 6.45) is -4.54. The number of halogens is 5. The second kappa shape index (κ2) is 7.96. The maximum absolute atomic E-state index is 13.3. The first-order valence-electron chi connectivity index (χ1n) is 9.20. The summed E-state index contributed by atoms with van der Waals surface area (Å²) in [7, 11) is 0. The number of pyridine rings is 1. The number of carbonyl (C=O) groups is 1. The first-order chi connectivity index (χ1) is 14.2. The molecule has 1 saturated heterocycles. The molecule has 0 unspecified atom stereocenters. The number of amides is 1. The zero-order valence-electron chi connectivity index (χ0n) is 15.6. The number of alkyl halides is 3. The molecule has 0 saturated carbocycles. The van der Waals surface area contributed by atoms with Gasteiger partial charge in [-0.25, -0.2) is 4.98 Å². The summed E-state index contributed by atoms with van der Waals surface area (Å²) in [6, 6.07) is 12.5. The van der Waals surface area contributed by atoms with E-state index in [1.165, 1.54) is 0 Å². The van der Waals surface area contributed by atoms with Crippen LogP contribution in [0.25, 0.3) is 10.9 Å². The van der Waals surface area contributed by atoms with Crippen molar-refractivity contribution in [1.82, 2.24) is 9.88 Å². The minimum atomic E-state index is -4.54. The van der Waals surface area contributed by atoms with Crippen LogP contribution in [0.4, 0.5) is 18.9 Å². The molecule has 1 fully saturated rings. The number of para-hydroxylation sites is 1. The number of nitrogens with zero attached hydrogens (tertiary/aromatic N) is 3. The molecule has 4 rings (SSSR count). The van der Waals surface area contributed by atoms with Crippen LogP contribution in [-0.4, -0.2) is 42.0 Å². The van der Waals surface area contributed by atoms with Crippen molar-refractivity contribution in [3.8, 4) is 0 Å². The van der Waals surface area contributed by atoms with Gasteiger partial charge in [0, 0.05) is 52.9 Å². The van der Waals surface area contributed by atoms with Gasteiger partial charge in [-0.3, -0.25) is 4.79 Å². The molecule has 0 radical (unpaired) electrons. The smallest absolute Gasteiger partial charge is 0.367 e. The van der Waals surface area contributed by atoms with Crippen LogP contribution in [0.3, 0.4) is 0 Å². The van der Waals surface area contributed by atoms with Gasteiger partial charge in [0.2, 0.25) is 0 Å². The Morgan fingerprint density at radius 1 is 0.933 bits per heavy atom. The predicted molar refractivity (Wildman–Crippen MR) is 111 cm³/mol. The second-order valence-electron chi connectivity index (χ2n) is 6.98. The van der Waals surface area contributed by atoms with Crippen molar-refractivity contribution in [3.63, 3.8) is 0 Å². The molecule has 4 nitrogen and oxygen atoms in total. The van der Waals surface area contributed by atoms with Crippen molar-refractivity contribution in [3.05, 3.63) is 69.8 Å². The summed E-state index contributed by atoms with van der Waals surface area (Å²) in [5.74, 6) is -0.213. The number of anilines is 1. The Morgan fingerprint density at radius 3 is 2.20 bits per heavy atom. The van der Waals surface area contributed by atoms with Gasteiger partial charge in [0.15, 0.2) is 0 Å². The molecule has 0 aliphatic carbocycles. The number of hydrogen-bond donors (Lipinski definition) is 0. The van der Waals surface area contributed by atoms with Crippen molar-refractivity contribution >= 4 is 45.7 Å². The SMILES string of the molecule is O=C(c1cc(Cl)cc(Cl)c1)N1CCN(c2cc(C(F)(F)F)nc3ccccc23)CC1. The van der Waals surface area contributed by atoms with Gasteiger partial charge in [-0.05, 0) is 30.3 Å². The predicted octanol–water partition coefficient (Wildman–Crippen LogP) is 5.52. The Morgan fingerprint density at radius 2 is 1.57 bits per heavy atom. The molecule has 0 N–H and O–H groups in total. The number of carbonyl (C=O) groups excluding carboxylic acids is 1. The van der Waals surface area contributed by atoms with Crippen LogP contribution >= 0.6 is 23.2 Å². The fourth-order valence-electron chi connectivity index (χ4n) is 3.57. The van der Waals surface area contributed by atoms with Gasteiger partial charge in [-0.1, -0.05) is 41.4 Å². The van der Waals surface area contributed by atoms with Gasteiger partial charge in [0.05, 0.1) is 5.52 Å². The summed E-state index contributed by atoms with van der Waals surface area (Å²) in [6.45, 7) is 1.51. The number of rotatable bonds is 2. The largest absolute Gasteiger partial charge is 0.433 e. The molecule has 0 atom stereocenters. The molecule has 0 bridgehead atoms. The quantitative estimate of drug-likeness (QED) is 0.512. The lowest BCUT2D eigenvalue weighted by molar-refractivity contribution is -0.140. The van der Waals surface area contributed by atoms with Crippen LogP contribution in [0.15, 0.2) is 48.5 Å². The van der Waals surface area contributed by atoms with E-state index in [4.69, 9.17) is 23.2 Å². The van der Waals surface area contributed by atoms with E-state index in [-0.39, 0.29) is 11.4 Å². The summed E-state index contributed by atoms with van der Waals surface area (Å²) in [5.41, 5.74) is 0.207. The van der Waals surface area contributed by atoms with E-state index in [2.05, 4.69) is 4.98 Å². The zero-order valence-corrected chi connectivity index (χ0v) is 17.1. The monoisotopic (exact) mass is 453 g/mol. The normalized spacial score (nSPS) is 15.0. The Balaban J connectivity index is 1.58. The van der Waals surface area contributed by atoms with Gasteiger partial charge >= 0.3 is 6.18 Å². The van der Waals surface area contributed by atoms with E-state index in [9.17, 15) is 18.0 Å². The van der Waals surface area contributed by atoms with Crippen LogP contribution in [-0.2, 0) is 6.18 Å².